The first-order valence-electron chi connectivity index (χ1n) is 5.82. The Morgan fingerprint density at radius 2 is 2.15 bits per heavy atom. The van der Waals surface area contributed by atoms with E-state index in [-0.39, 0.29) is 5.89 Å². The highest BCUT2D eigenvalue weighted by Gasteiger charge is 2.17. The maximum Gasteiger partial charge on any atom is 0.257 e. The first kappa shape index (κ1) is 12.9. The van der Waals surface area contributed by atoms with Crippen LogP contribution in [0.3, 0.4) is 0 Å². The molecule has 0 unspecified atom stereocenters. The summed E-state index contributed by atoms with van der Waals surface area (Å²) in [6, 6.07) is 1.87. The standard InChI is InChI=1S/C12H10F2N4OS/c1-7-9(4-15-18(7)5-10(13)14)12-17-16-11(19-12)8-2-3-20-6-8/h2-4,6,10H,5H2,1H3. The molecule has 0 saturated carbocycles. The summed E-state index contributed by atoms with van der Waals surface area (Å²) in [5.41, 5.74) is 1.98. The van der Waals surface area contributed by atoms with Crippen LogP contribution in [0.5, 0.6) is 0 Å². The number of rotatable bonds is 4. The van der Waals surface area contributed by atoms with E-state index in [0.29, 0.717) is 17.1 Å². The molecule has 0 aliphatic rings. The number of halogens is 2. The molecule has 0 amide bonds. The molecule has 5 nitrogen and oxygen atoms in total. The topological polar surface area (TPSA) is 56.7 Å². The van der Waals surface area contributed by atoms with Crippen LogP contribution in [-0.4, -0.2) is 26.4 Å². The highest BCUT2D eigenvalue weighted by atomic mass is 32.1. The predicted molar refractivity (Wildman–Crippen MR) is 69.6 cm³/mol. The molecule has 0 aromatic carbocycles. The molecule has 0 radical (unpaired) electrons. The van der Waals surface area contributed by atoms with Crippen molar-refractivity contribution in [2.24, 2.45) is 0 Å². The van der Waals surface area contributed by atoms with E-state index in [0.717, 1.165) is 5.56 Å². The zero-order chi connectivity index (χ0) is 14.1. The Kier molecular flexibility index (Phi) is 3.31. The second-order valence-electron chi connectivity index (χ2n) is 4.14. The van der Waals surface area contributed by atoms with Gasteiger partial charge in [-0.3, -0.25) is 4.68 Å². The molecule has 0 aliphatic heterocycles. The Hall–Kier alpha value is -2.09. The quantitative estimate of drug-likeness (QED) is 0.741. The van der Waals surface area contributed by atoms with Crippen molar-refractivity contribution in [2.75, 3.05) is 0 Å². The van der Waals surface area contributed by atoms with E-state index >= 15 is 0 Å². The number of hydrogen-bond acceptors (Lipinski definition) is 5. The summed E-state index contributed by atoms with van der Waals surface area (Å²) < 4.78 is 31.6. The number of alkyl halides is 2. The van der Waals surface area contributed by atoms with Crippen LogP contribution < -0.4 is 0 Å². The molecule has 0 N–H and O–H groups in total. The van der Waals surface area contributed by atoms with Gasteiger partial charge >= 0.3 is 0 Å². The lowest BCUT2D eigenvalue weighted by Crippen LogP contribution is -2.09. The van der Waals surface area contributed by atoms with Gasteiger partial charge in [-0.25, -0.2) is 8.78 Å². The zero-order valence-corrected chi connectivity index (χ0v) is 11.3. The van der Waals surface area contributed by atoms with Gasteiger partial charge in [0.1, 0.15) is 6.54 Å². The van der Waals surface area contributed by atoms with Gasteiger partial charge in [-0.15, -0.1) is 10.2 Å². The second-order valence-corrected chi connectivity index (χ2v) is 4.92. The third kappa shape index (κ3) is 2.34. The fourth-order valence-corrected chi connectivity index (χ4v) is 2.44. The first-order valence-corrected chi connectivity index (χ1v) is 6.76. The van der Waals surface area contributed by atoms with Crippen molar-refractivity contribution >= 4 is 11.3 Å². The molecule has 0 aliphatic carbocycles. The summed E-state index contributed by atoms with van der Waals surface area (Å²) in [7, 11) is 0. The van der Waals surface area contributed by atoms with Crippen LogP contribution in [0.4, 0.5) is 8.78 Å². The number of nitrogens with zero attached hydrogens (tertiary/aromatic N) is 4. The maximum absolute atomic E-state index is 12.4. The highest BCUT2D eigenvalue weighted by molar-refractivity contribution is 7.08. The van der Waals surface area contributed by atoms with Gasteiger partial charge in [-0.05, 0) is 18.4 Å². The third-order valence-corrected chi connectivity index (χ3v) is 3.52. The van der Waals surface area contributed by atoms with Gasteiger partial charge in [0.05, 0.1) is 11.8 Å². The van der Waals surface area contributed by atoms with Gasteiger partial charge in [0.2, 0.25) is 5.89 Å². The van der Waals surface area contributed by atoms with Crippen LogP contribution in [0.2, 0.25) is 0 Å². The SMILES string of the molecule is Cc1c(-c2nnc(-c3ccsc3)o2)cnn1CC(F)F. The number of thiophene rings is 1. The highest BCUT2D eigenvalue weighted by Crippen LogP contribution is 2.27. The minimum absolute atomic E-state index is 0.282. The molecule has 3 aromatic rings. The fraction of sp³-hybridized carbons (Fsp3) is 0.250. The number of aromatic nitrogens is 4. The van der Waals surface area contributed by atoms with E-state index in [1.165, 1.54) is 22.2 Å². The third-order valence-electron chi connectivity index (χ3n) is 2.84. The first-order chi connectivity index (χ1) is 9.65. The number of hydrogen-bond donors (Lipinski definition) is 0. The predicted octanol–water partition coefficient (Wildman–Crippen LogP) is 3.24. The molecule has 3 aromatic heterocycles. The molecular formula is C12H10F2N4OS. The summed E-state index contributed by atoms with van der Waals surface area (Å²) >= 11 is 1.53. The zero-order valence-electron chi connectivity index (χ0n) is 10.5. The largest absolute Gasteiger partial charge is 0.416 e. The molecule has 8 heteroatoms. The summed E-state index contributed by atoms with van der Waals surface area (Å²) in [4.78, 5) is 0. The lowest BCUT2D eigenvalue weighted by atomic mass is 10.2. The molecule has 0 atom stereocenters. The van der Waals surface area contributed by atoms with E-state index in [1.54, 1.807) is 6.92 Å². The minimum atomic E-state index is -2.45. The smallest absolute Gasteiger partial charge is 0.257 e. The second kappa shape index (κ2) is 5.12. The molecule has 0 fully saturated rings. The van der Waals surface area contributed by atoms with Crippen LogP contribution in [0, 0.1) is 6.92 Å². The summed E-state index contributed by atoms with van der Waals surface area (Å²) in [5, 5.41) is 15.6. The molecule has 104 valence electrons. The van der Waals surface area contributed by atoms with Gasteiger partial charge < -0.3 is 4.42 Å². The molecular weight excluding hydrogens is 286 g/mol. The van der Waals surface area contributed by atoms with Gasteiger partial charge in [0.15, 0.2) is 0 Å². The van der Waals surface area contributed by atoms with E-state index < -0.39 is 13.0 Å². The lowest BCUT2D eigenvalue weighted by Gasteiger charge is -2.02. The van der Waals surface area contributed by atoms with E-state index in [9.17, 15) is 8.78 Å². The van der Waals surface area contributed by atoms with Gasteiger partial charge in [0, 0.05) is 16.6 Å². The van der Waals surface area contributed by atoms with Crippen LogP contribution in [-0.2, 0) is 6.54 Å². The monoisotopic (exact) mass is 296 g/mol. The van der Waals surface area contributed by atoms with Crippen LogP contribution in [0.15, 0.2) is 27.4 Å². The van der Waals surface area contributed by atoms with Crippen molar-refractivity contribution < 1.29 is 13.2 Å². The van der Waals surface area contributed by atoms with Crippen LogP contribution in [0.25, 0.3) is 22.9 Å². The Bertz CT molecular complexity index is 705. The molecule has 20 heavy (non-hydrogen) atoms. The van der Waals surface area contributed by atoms with Gasteiger partial charge in [-0.1, -0.05) is 0 Å². The van der Waals surface area contributed by atoms with Crippen molar-refractivity contribution in [1.29, 1.82) is 0 Å². The Labute approximate surface area is 116 Å². The van der Waals surface area contributed by atoms with Crippen molar-refractivity contribution in [3.63, 3.8) is 0 Å². The normalized spacial score (nSPS) is 11.4. The van der Waals surface area contributed by atoms with Gasteiger partial charge in [0.25, 0.3) is 12.3 Å². The molecule has 0 bridgehead atoms. The summed E-state index contributed by atoms with van der Waals surface area (Å²) in [6.07, 6.45) is -0.992. The van der Waals surface area contributed by atoms with E-state index in [4.69, 9.17) is 4.42 Å². The van der Waals surface area contributed by atoms with E-state index in [2.05, 4.69) is 15.3 Å². The Balaban J connectivity index is 1.92. The van der Waals surface area contributed by atoms with Crippen molar-refractivity contribution in [3.05, 3.63) is 28.7 Å². The van der Waals surface area contributed by atoms with Crippen LogP contribution in [0.1, 0.15) is 5.69 Å². The van der Waals surface area contributed by atoms with Crippen LogP contribution >= 0.6 is 11.3 Å². The lowest BCUT2D eigenvalue weighted by molar-refractivity contribution is 0.121. The Morgan fingerprint density at radius 1 is 1.35 bits per heavy atom. The summed E-state index contributed by atoms with van der Waals surface area (Å²) in [5.74, 6) is 0.687. The summed E-state index contributed by atoms with van der Waals surface area (Å²) in [6.45, 7) is 1.25. The minimum Gasteiger partial charge on any atom is -0.416 e. The van der Waals surface area contributed by atoms with Gasteiger partial charge in [-0.2, -0.15) is 16.4 Å². The fourth-order valence-electron chi connectivity index (χ4n) is 1.81. The van der Waals surface area contributed by atoms with Crippen molar-refractivity contribution in [2.45, 2.75) is 19.9 Å². The van der Waals surface area contributed by atoms with E-state index in [1.807, 2.05) is 16.8 Å². The maximum atomic E-state index is 12.4. The Morgan fingerprint density at radius 3 is 2.85 bits per heavy atom. The molecule has 3 heterocycles. The molecule has 0 saturated heterocycles. The van der Waals surface area contributed by atoms with Crippen molar-refractivity contribution in [3.8, 4) is 22.9 Å². The average molecular weight is 296 g/mol. The average Bonchev–Trinajstić information content (AvgIpc) is 3.10. The molecule has 0 spiro atoms. The molecule has 3 rings (SSSR count). The van der Waals surface area contributed by atoms with Crippen molar-refractivity contribution in [1.82, 2.24) is 20.0 Å².